The van der Waals surface area contributed by atoms with Crippen molar-refractivity contribution in [3.63, 3.8) is 0 Å². The molecule has 0 radical (unpaired) electrons. The summed E-state index contributed by atoms with van der Waals surface area (Å²) in [6, 6.07) is 7.77. The maximum atomic E-state index is 10.6. The highest BCUT2D eigenvalue weighted by Crippen LogP contribution is 2.18. The number of benzene rings is 1. The van der Waals surface area contributed by atoms with Crippen LogP contribution in [0.25, 0.3) is 10.9 Å². The van der Waals surface area contributed by atoms with Gasteiger partial charge in [0.2, 0.25) is 0 Å². The minimum absolute atomic E-state index is 0.0221. The first-order valence-corrected chi connectivity index (χ1v) is 5.00. The molecule has 0 aliphatic carbocycles. The number of carboxylic acids is 1. The first-order chi connectivity index (χ1) is 7.69. The number of carbonyl (C=O) groups is 1. The van der Waals surface area contributed by atoms with Crippen molar-refractivity contribution in [1.29, 1.82) is 0 Å². The lowest BCUT2D eigenvalue weighted by Gasteiger charge is -1.98. The zero-order valence-corrected chi connectivity index (χ0v) is 8.99. The lowest BCUT2D eigenvalue weighted by molar-refractivity contribution is -0.136. The molecule has 2 aromatic rings. The fraction of sp³-hybridized carbons (Fsp3) is 0.250. The van der Waals surface area contributed by atoms with Crippen LogP contribution in [0.1, 0.15) is 11.3 Å². The largest absolute Gasteiger partial charge is 0.481 e. The average molecular weight is 219 g/mol. The maximum Gasteiger partial charge on any atom is 0.309 e. The van der Waals surface area contributed by atoms with Crippen molar-refractivity contribution >= 4 is 16.9 Å². The summed E-state index contributed by atoms with van der Waals surface area (Å²) >= 11 is 0. The van der Waals surface area contributed by atoms with E-state index in [0.29, 0.717) is 6.61 Å². The summed E-state index contributed by atoms with van der Waals surface area (Å²) in [6.45, 7) is 0.565. The Morgan fingerprint density at radius 1 is 1.44 bits per heavy atom. The average Bonchev–Trinajstić information content (AvgIpc) is 2.58. The van der Waals surface area contributed by atoms with Gasteiger partial charge in [-0.15, -0.1) is 0 Å². The van der Waals surface area contributed by atoms with Crippen molar-refractivity contribution in [2.45, 2.75) is 13.0 Å². The molecular formula is C12H13NO3. The van der Waals surface area contributed by atoms with Gasteiger partial charge in [-0.2, -0.15) is 0 Å². The third-order valence-electron chi connectivity index (χ3n) is 2.39. The molecule has 0 amide bonds. The third kappa shape index (κ3) is 2.23. The van der Waals surface area contributed by atoms with Gasteiger partial charge < -0.3 is 14.8 Å². The number of hydrogen-bond acceptors (Lipinski definition) is 2. The topological polar surface area (TPSA) is 62.3 Å². The zero-order valence-electron chi connectivity index (χ0n) is 8.99. The highest BCUT2D eigenvalue weighted by atomic mass is 16.5. The Morgan fingerprint density at radius 3 is 2.94 bits per heavy atom. The van der Waals surface area contributed by atoms with E-state index in [1.54, 1.807) is 7.11 Å². The van der Waals surface area contributed by atoms with E-state index >= 15 is 0 Å². The van der Waals surface area contributed by atoms with Crippen LogP contribution in [0.5, 0.6) is 0 Å². The fourth-order valence-corrected chi connectivity index (χ4v) is 1.76. The predicted molar refractivity (Wildman–Crippen MR) is 60.4 cm³/mol. The number of H-pyrrole nitrogens is 1. The van der Waals surface area contributed by atoms with Crippen LogP contribution in [0.2, 0.25) is 0 Å². The molecule has 0 spiro atoms. The Bertz CT molecular complexity index is 516. The molecular weight excluding hydrogens is 206 g/mol. The van der Waals surface area contributed by atoms with Crippen LogP contribution < -0.4 is 0 Å². The third-order valence-corrected chi connectivity index (χ3v) is 2.39. The van der Waals surface area contributed by atoms with Crippen LogP contribution in [-0.4, -0.2) is 23.2 Å². The van der Waals surface area contributed by atoms with E-state index in [1.807, 2.05) is 24.3 Å². The molecule has 0 atom stereocenters. The van der Waals surface area contributed by atoms with Gasteiger partial charge in [-0.05, 0) is 23.8 Å². The van der Waals surface area contributed by atoms with E-state index in [1.165, 1.54) is 0 Å². The van der Waals surface area contributed by atoms with Gasteiger partial charge in [0.1, 0.15) is 0 Å². The normalized spacial score (nSPS) is 10.8. The van der Waals surface area contributed by atoms with E-state index < -0.39 is 5.97 Å². The Morgan fingerprint density at radius 2 is 2.25 bits per heavy atom. The Kier molecular flexibility index (Phi) is 2.92. The Labute approximate surface area is 92.9 Å². The summed E-state index contributed by atoms with van der Waals surface area (Å²) in [5.74, 6) is -0.830. The molecule has 84 valence electrons. The van der Waals surface area contributed by atoms with Crippen molar-refractivity contribution in [1.82, 2.24) is 4.98 Å². The number of hydrogen-bond donors (Lipinski definition) is 2. The molecule has 4 nitrogen and oxygen atoms in total. The molecule has 2 N–H and O–H groups in total. The second-order valence-corrected chi connectivity index (χ2v) is 3.72. The number of aromatic nitrogens is 1. The van der Waals surface area contributed by atoms with Gasteiger partial charge >= 0.3 is 5.97 Å². The van der Waals surface area contributed by atoms with E-state index in [-0.39, 0.29) is 6.42 Å². The number of nitrogens with one attached hydrogen (secondary N) is 1. The predicted octanol–water partition coefficient (Wildman–Crippen LogP) is 1.94. The van der Waals surface area contributed by atoms with Gasteiger partial charge in [0.25, 0.3) is 0 Å². The second-order valence-electron chi connectivity index (χ2n) is 3.72. The first-order valence-electron chi connectivity index (χ1n) is 5.00. The van der Waals surface area contributed by atoms with Gasteiger partial charge in [0, 0.05) is 23.7 Å². The van der Waals surface area contributed by atoms with Gasteiger partial charge in [0.05, 0.1) is 13.0 Å². The Hall–Kier alpha value is -1.81. The number of aliphatic carboxylic acids is 1. The van der Waals surface area contributed by atoms with Gasteiger partial charge in [0.15, 0.2) is 0 Å². The molecule has 0 bridgehead atoms. The molecule has 0 unspecified atom stereocenters. The Balaban J connectivity index is 2.34. The summed E-state index contributed by atoms with van der Waals surface area (Å²) < 4.78 is 5.04. The molecule has 0 fully saturated rings. The molecule has 0 saturated heterocycles. The summed E-state index contributed by atoms with van der Waals surface area (Å²) in [4.78, 5) is 13.6. The highest BCUT2D eigenvalue weighted by Gasteiger charge is 2.05. The van der Waals surface area contributed by atoms with E-state index in [2.05, 4.69) is 4.98 Å². The smallest absolute Gasteiger partial charge is 0.309 e. The van der Waals surface area contributed by atoms with Crippen LogP contribution >= 0.6 is 0 Å². The standard InChI is InChI=1S/C12H13NO3/c1-16-7-8-2-3-11-9(4-8)5-10(13-11)6-12(14)15/h2-5,13H,6-7H2,1H3,(H,14,15). The summed E-state index contributed by atoms with van der Waals surface area (Å²) in [7, 11) is 1.65. The van der Waals surface area contributed by atoms with Crippen LogP contribution in [0.3, 0.4) is 0 Å². The lowest BCUT2D eigenvalue weighted by Crippen LogP contribution is -1.99. The van der Waals surface area contributed by atoms with Gasteiger partial charge in [-0.25, -0.2) is 0 Å². The quantitative estimate of drug-likeness (QED) is 0.826. The first kappa shape index (κ1) is 10.7. The lowest BCUT2D eigenvalue weighted by atomic mass is 10.1. The zero-order chi connectivity index (χ0) is 11.5. The SMILES string of the molecule is COCc1ccc2[nH]c(CC(=O)O)cc2c1. The van der Waals surface area contributed by atoms with Crippen molar-refractivity contribution in [2.24, 2.45) is 0 Å². The molecule has 1 aromatic carbocycles. The van der Waals surface area contributed by atoms with Crippen LogP contribution in [0.4, 0.5) is 0 Å². The maximum absolute atomic E-state index is 10.6. The minimum Gasteiger partial charge on any atom is -0.481 e. The molecule has 4 heteroatoms. The molecule has 16 heavy (non-hydrogen) atoms. The van der Waals surface area contributed by atoms with E-state index in [4.69, 9.17) is 9.84 Å². The van der Waals surface area contributed by atoms with E-state index in [9.17, 15) is 4.79 Å². The van der Waals surface area contributed by atoms with Crippen molar-refractivity contribution in [2.75, 3.05) is 7.11 Å². The molecule has 0 aliphatic rings. The van der Waals surface area contributed by atoms with Crippen LogP contribution in [0.15, 0.2) is 24.3 Å². The van der Waals surface area contributed by atoms with Gasteiger partial charge in [-0.1, -0.05) is 6.07 Å². The number of carboxylic acid groups (broad SMARTS) is 1. The van der Waals surface area contributed by atoms with Crippen LogP contribution in [-0.2, 0) is 22.6 Å². The number of rotatable bonds is 4. The fourth-order valence-electron chi connectivity index (χ4n) is 1.76. The monoisotopic (exact) mass is 219 g/mol. The number of fused-ring (bicyclic) bond motifs is 1. The molecule has 1 aromatic heterocycles. The molecule has 0 aliphatic heterocycles. The molecule has 0 saturated carbocycles. The number of ether oxygens (including phenoxy) is 1. The number of methoxy groups -OCH3 is 1. The van der Waals surface area contributed by atoms with Crippen LogP contribution in [0, 0.1) is 0 Å². The highest BCUT2D eigenvalue weighted by molar-refractivity contribution is 5.82. The summed E-state index contributed by atoms with van der Waals surface area (Å²) in [5, 5.41) is 9.71. The number of aromatic amines is 1. The molecule has 1 heterocycles. The van der Waals surface area contributed by atoms with E-state index in [0.717, 1.165) is 22.2 Å². The second kappa shape index (κ2) is 4.37. The van der Waals surface area contributed by atoms with Crippen molar-refractivity contribution in [3.05, 3.63) is 35.5 Å². The van der Waals surface area contributed by atoms with Gasteiger partial charge in [-0.3, -0.25) is 4.79 Å². The van der Waals surface area contributed by atoms with Crippen molar-refractivity contribution in [3.8, 4) is 0 Å². The summed E-state index contributed by atoms with van der Waals surface area (Å²) in [6.07, 6.45) is 0.0221. The molecule has 2 rings (SSSR count). The summed E-state index contributed by atoms with van der Waals surface area (Å²) in [5.41, 5.74) is 2.75. The minimum atomic E-state index is -0.830. The van der Waals surface area contributed by atoms with Crippen molar-refractivity contribution < 1.29 is 14.6 Å².